The molecule has 1 heterocycles. The van der Waals surface area contributed by atoms with E-state index in [2.05, 4.69) is 23.8 Å². The monoisotopic (exact) mass is 213 g/mol. The molecule has 1 rings (SSSR count). The smallest absolute Gasteiger partial charge is 0.226 e. The van der Waals surface area contributed by atoms with Gasteiger partial charge in [0.1, 0.15) is 5.15 Å². The molecule has 0 bridgehead atoms. The molecule has 0 N–H and O–H groups in total. The first kappa shape index (κ1) is 11.2. The number of hydrogen-bond acceptors (Lipinski definition) is 3. The van der Waals surface area contributed by atoms with Gasteiger partial charge < -0.3 is 4.90 Å². The second-order valence-electron chi connectivity index (χ2n) is 3.97. The van der Waals surface area contributed by atoms with Crippen molar-refractivity contribution in [2.45, 2.75) is 20.3 Å². The van der Waals surface area contributed by atoms with Gasteiger partial charge in [-0.3, -0.25) is 0 Å². The molecule has 0 unspecified atom stereocenters. The molecule has 78 valence electrons. The Morgan fingerprint density at radius 1 is 1.36 bits per heavy atom. The standard InChI is InChI=1S/C10H16ClN3/c1-7(2)5-8-6-9(11)13-10(12-8)14(3)4/h6-7H,5H2,1-4H3. The fourth-order valence-corrected chi connectivity index (χ4v) is 1.38. The molecule has 0 saturated carbocycles. The van der Waals surface area contributed by atoms with Crippen molar-refractivity contribution in [3.63, 3.8) is 0 Å². The average molecular weight is 214 g/mol. The summed E-state index contributed by atoms with van der Waals surface area (Å²) in [5.41, 5.74) is 1.00. The number of rotatable bonds is 3. The number of halogens is 1. The van der Waals surface area contributed by atoms with E-state index in [1.54, 1.807) is 0 Å². The van der Waals surface area contributed by atoms with Gasteiger partial charge in [0.05, 0.1) is 0 Å². The van der Waals surface area contributed by atoms with Crippen LogP contribution in [0.2, 0.25) is 5.15 Å². The van der Waals surface area contributed by atoms with Gasteiger partial charge in [-0.2, -0.15) is 0 Å². The van der Waals surface area contributed by atoms with Crippen LogP contribution in [0.25, 0.3) is 0 Å². The highest BCUT2D eigenvalue weighted by atomic mass is 35.5. The van der Waals surface area contributed by atoms with Crippen molar-refractivity contribution in [3.05, 3.63) is 16.9 Å². The summed E-state index contributed by atoms with van der Waals surface area (Å²) in [6.45, 7) is 4.32. The molecule has 0 radical (unpaired) electrons. The Hall–Kier alpha value is -0.830. The van der Waals surface area contributed by atoms with Crippen LogP contribution in [-0.4, -0.2) is 24.1 Å². The van der Waals surface area contributed by atoms with Crippen LogP contribution in [0.1, 0.15) is 19.5 Å². The van der Waals surface area contributed by atoms with Gasteiger partial charge in [-0.05, 0) is 18.4 Å². The molecule has 3 nitrogen and oxygen atoms in total. The minimum Gasteiger partial charge on any atom is -0.347 e. The van der Waals surface area contributed by atoms with Crippen molar-refractivity contribution in [2.75, 3.05) is 19.0 Å². The topological polar surface area (TPSA) is 29.0 Å². The molecule has 0 fully saturated rings. The normalized spacial score (nSPS) is 10.7. The van der Waals surface area contributed by atoms with Crippen molar-refractivity contribution in [2.24, 2.45) is 5.92 Å². The van der Waals surface area contributed by atoms with E-state index in [4.69, 9.17) is 11.6 Å². The number of anilines is 1. The molecule has 14 heavy (non-hydrogen) atoms. The molecular weight excluding hydrogens is 198 g/mol. The number of aromatic nitrogens is 2. The molecule has 0 aliphatic rings. The lowest BCUT2D eigenvalue weighted by molar-refractivity contribution is 0.633. The van der Waals surface area contributed by atoms with Crippen LogP contribution in [0, 0.1) is 5.92 Å². The molecule has 0 amide bonds. The maximum Gasteiger partial charge on any atom is 0.226 e. The highest BCUT2D eigenvalue weighted by Gasteiger charge is 2.06. The third kappa shape index (κ3) is 3.14. The zero-order chi connectivity index (χ0) is 10.7. The quantitative estimate of drug-likeness (QED) is 0.722. The maximum absolute atomic E-state index is 5.90. The van der Waals surface area contributed by atoms with E-state index < -0.39 is 0 Å². The lowest BCUT2D eigenvalue weighted by atomic mass is 10.1. The van der Waals surface area contributed by atoms with E-state index in [0.717, 1.165) is 12.1 Å². The zero-order valence-corrected chi connectivity index (χ0v) is 9.84. The molecule has 0 aliphatic heterocycles. The number of hydrogen-bond donors (Lipinski definition) is 0. The first-order chi connectivity index (χ1) is 6.49. The highest BCUT2D eigenvalue weighted by molar-refractivity contribution is 6.29. The summed E-state index contributed by atoms with van der Waals surface area (Å²) in [5, 5.41) is 0.513. The van der Waals surface area contributed by atoms with Crippen LogP contribution < -0.4 is 4.90 Å². The Labute approximate surface area is 90.1 Å². The van der Waals surface area contributed by atoms with Crippen molar-refractivity contribution in [1.82, 2.24) is 9.97 Å². The minimum absolute atomic E-state index is 0.513. The second-order valence-corrected chi connectivity index (χ2v) is 4.36. The van der Waals surface area contributed by atoms with Gasteiger partial charge in [0, 0.05) is 19.8 Å². The van der Waals surface area contributed by atoms with Gasteiger partial charge in [0.2, 0.25) is 5.95 Å². The van der Waals surface area contributed by atoms with E-state index in [-0.39, 0.29) is 0 Å². The number of nitrogens with zero attached hydrogens (tertiary/aromatic N) is 3. The Morgan fingerprint density at radius 2 is 2.00 bits per heavy atom. The first-order valence-electron chi connectivity index (χ1n) is 4.70. The minimum atomic E-state index is 0.513. The van der Waals surface area contributed by atoms with Crippen molar-refractivity contribution in [1.29, 1.82) is 0 Å². The molecule has 0 atom stereocenters. The van der Waals surface area contributed by atoms with Crippen molar-refractivity contribution < 1.29 is 0 Å². The Balaban J connectivity index is 2.95. The Kier molecular flexibility index (Phi) is 3.69. The maximum atomic E-state index is 5.90. The summed E-state index contributed by atoms with van der Waals surface area (Å²) in [6.07, 6.45) is 0.934. The van der Waals surface area contributed by atoms with Crippen molar-refractivity contribution in [3.8, 4) is 0 Å². The lowest BCUT2D eigenvalue weighted by Crippen LogP contribution is -2.14. The summed E-state index contributed by atoms with van der Waals surface area (Å²) in [5.74, 6) is 1.25. The van der Waals surface area contributed by atoms with E-state index >= 15 is 0 Å². The predicted molar refractivity (Wildman–Crippen MR) is 59.9 cm³/mol. The largest absolute Gasteiger partial charge is 0.347 e. The average Bonchev–Trinajstić information content (AvgIpc) is 2.01. The summed E-state index contributed by atoms with van der Waals surface area (Å²) < 4.78 is 0. The predicted octanol–water partition coefficient (Wildman–Crippen LogP) is 2.39. The second kappa shape index (κ2) is 4.60. The van der Waals surface area contributed by atoms with Crippen molar-refractivity contribution >= 4 is 17.5 Å². The van der Waals surface area contributed by atoms with Crippen LogP contribution in [0.15, 0.2) is 6.07 Å². The Morgan fingerprint density at radius 3 is 2.50 bits per heavy atom. The molecule has 0 aliphatic carbocycles. The molecular formula is C10H16ClN3. The fourth-order valence-electron chi connectivity index (χ4n) is 1.17. The van der Waals surface area contributed by atoms with Crippen LogP contribution >= 0.6 is 11.6 Å². The molecule has 1 aromatic heterocycles. The molecule has 1 aromatic rings. The van der Waals surface area contributed by atoms with E-state index in [9.17, 15) is 0 Å². The van der Waals surface area contributed by atoms with E-state index in [1.807, 2.05) is 25.1 Å². The fraction of sp³-hybridized carbons (Fsp3) is 0.600. The lowest BCUT2D eigenvalue weighted by Gasteiger charge is -2.12. The zero-order valence-electron chi connectivity index (χ0n) is 9.08. The summed E-state index contributed by atoms with van der Waals surface area (Å²) in [7, 11) is 3.82. The van der Waals surface area contributed by atoms with Gasteiger partial charge in [0.15, 0.2) is 0 Å². The van der Waals surface area contributed by atoms with Gasteiger partial charge in [-0.1, -0.05) is 25.4 Å². The van der Waals surface area contributed by atoms with E-state index in [1.165, 1.54) is 0 Å². The van der Waals surface area contributed by atoms with Crippen LogP contribution in [-0.2, 0) is 6.42 Å². The summed E-state index contributed by atoms with van der Waals surface area (Å²) >= 11 is 5.90. The van der Waals surface area contributed by atoms with Gasteiger partial charge in [0.25, 0.3) is 0 Å². The Bertz CT molecular complexity index is 310. The highest BCUT2D eigenvalue weighted by Crippen LogP contribution is 2.14. The third-order valence-corrected chi connectivity index (χ3v) is 1.95. The third-order valence-electron chi connectivity index (χ3n) is 1.75. The molecule has 0 saturated heterocycles. The first-order valence-corrected chi connectivity index (χ1v) is 5.07. The van der Waals surface area contributed by atoms with Gasteiger partial charge >= 0.3 is 0 Å². The van der Waals surface area contributed by atoms with Gasteiger partial charge in [-0.25, -0.2) is 9.97 Å². The summed E-state index contributed by atoms with van der Waals surface area (Å²) in [6, 6.07) is 1.83. The SMILES string of the molecule is CC(C)Cc1cc(Cl)nc(N(C)C)n1. The van der Waals surface area contributed by atoms with Crippen LogP contribution in [0.3, 0.4) is 0 Å². The molecule has 0 spiro atoms. The molecule has 0 aromatic carbocycles. The summed E-state index contributed by atoms with van der Waals surface area (Å²) in [4.78, 5) is 10.4. The molecule has 4 heteroatoms. The van der Waals surface area contributed by atoms with Crippen LogP contribution in [0.4, 0.5) is 5.95 Å². The van der Waals surface area contributed by atoms with Gasteiger partial charge in [-0.15, -0.1) is 0 Å². The van der Waals surface area contributed by atoms with E-state index in [0.29, 0.717) is 17.0 Å². The van der Waals surface area contributed by atoms with Crippen LogP contribution in [0.5, 0.6) is 0 Å².